The van der Waals surface area contributed by atoms with Crippen molar-refractivity contribution in [3.63, 3.8) is 0 Å². The van der Waals surface area contributed by atoms with E-state index < -0.39 is 0 Å². The van der Waals surface area contributed by atoms with Crippen molar-refractivity contribution in [2.75, 3.05) is 12.4 Å². The number of methoxy groups -OCH3 is 1. The van der Waals surface area contributed by atoms with Crippen LogP contribution in [0.5, 0.6) is 5.75 Å². The number of nitrogens with zero attached hydrogens (tertiary/aromatic N) is 1. The third-order valence-electron chi connectivity index (χ3n) is 3.72. The van der Waals surface area contributed by atoms with E-state index in [-0.39, 0.29) is 5.91 Å². The summed E-state index contributed by atoms with van der Waals surface area (Å²) in [5, 5.41) is 2.81. The Bertz CT molecular complexity index is 766. The van der Waals surface area contributed by atoms with Gasteiger partial charge in [0, 0.05) is 17.8 Å². The molecule has 1 fully saturated rings. The van der Waals surface area contributed by atoms with E-state index in [1.165, 1.54) is 16.7 Å². The molecule has 98 valence electrons. The van der Waals surface area contributed by atoms with Crippen LogP contribution in [0.1, 0.15) is 6.42 Å². The number of aromatic nitrogens is 1. The molecule has 3 aliphatic rings. The Kier molecular flexibility index (Phi) is 2.21. The molecule has 1 aromatic rings. The Morgan fingerprint density at radius 1 is 1.35 bits per heavy atom. The van der Waals surface area contributed by atoms with Gasteiger partial charge in [0.1, 0.15) is 11.6 Å². The first-order valence-corrected chi connectivity index (χ1v) is 6.44. The van der Waals surface area contributed by atoms with Gasteiger partial charge in [-0.1, -0.05) is 6.08 Å². The van der Waals surface area contributed by atoms with E-state index in [0.29, 0.717) is 17.1 Å². The molecule has 0 unspecified atom stereocenters. The number of pyridine rings is 1. The number of carbonyl (C=O) groups is 1. The second-order valence-corrected chi connectivity index (χ2v) is 4.93. The lowest BCUT2D eigenvalue weighted by Crippen LogP contribution is -2.14. The van der Waals surface area contributed by atoms with Gasteiger partial charge >= 0.3 is 0 Å². The van der Waals surface area contributed by atoms with Crippen molar-refractivity contribution >= 4 is 11.7 Å². The third-order valence-corrected chi connectivity index (χ3v) is 3.72. The summed E-state index contributed by atoms with van der Waals surface area (Å²) in [5.41, 5.74) is 5.71. The van der Waals surface area contributed by atoms with Crippen molar-refractivity contribution in [2.24, 2.45) is 0 Å². The molecule has 1 saturated carbocycles. The van der Waals surface area contributed by atoms with Crippen molar-refractivity contribution in [1.29, 1.82) is 0 Å². The maximum absolute atomic E-state index is 12.3. The predicted octanol–water partition coefficient (Wildman–Crippen LogP) is 2.54. The zero-order valence-electron chi connectivity index (χ0n) is 10.9. The Morgan fingerprint density at radius 2 is 2.25 bits per heavy atom. The van der Waals surface area contributed by atoms with Crippen LogP contribution in [0.2, 0.25) is 0 Å². The molecule has 0 aromatic carbocycles. The highest BCUT2D eigenvalue weighted by Gasteiger charge is 2.35. The van der Waals surface area contributed by atoms with E-state index in [0.717, 1.165) is 12.0 Å². The Balaban J connectivity index is 1.60. The van der Waals surface area contributed by atoms with Gasteiger partial charge < -0.3 is 10.1 Å². The summed E-state index contributed by atoms with van der Waals surface area (Å²) in [4.78, 5) is 16.4. The molecule has 0 radical (unpaired) electrons. The first kappa shape index (κ1) is 11.2. The second kappa shape index (κ2) is 3.93. The number of ether oxygens (including phenoxy) is 1. The fraction of sp³-hybridized carbons (Fsp3) is 0.125. The number of amides is 1. The van der Waals surface area contributed by atoms with E-state index in [1.54, 1.807) is 25.4 Å². The van der Waals surface area contributed by atoms with Crippen LogP contribution in [0, 0.1) is 0 Å². The number of hydrogen-bond acceptors (Lipinski definition) is 3. The van der Waals surface area contributed by atoms with E-state index in [4.69, 9.17) is 4.74 Å². The first-order valence-electron chi connectivity index (χ1n) is 6.44. The molecule has 0 bridgehead atoms. The molecule has 1 N–H and O–H groups in total. The number of rotatable bonds is 3. The number of allylic oxidation sites excluding steroid dienone is 6. The van der Waals surface area contributed by atoms with Crippen LogP contribution >= 0.6 is 0 Å². The summed E-state index contributed by atoms with van der Waals surface area (Å²) in [5.74, 6) is 1.03. The molecule has 1 aromatic heterocycles. The van der Waals surface area contributed by atoms with Gasteiger partial charge in [-0.2, -0.15) is 0 Å². The average Bonchev–Trinajstić information content (AvgIpc) is 2.94. The Morgan fingerprint density at radius 3 is 3.10 bits per heavy atom. The summed E-state index contributed by atoms with van der Waals surface area (Å²) >= 11 is 0. The van der Waals surface area contributed by atoms with Crippen molar-refractivity contribution in [3.05, 3.63) is 64.4 Å². The summed E-state index contributed by atoms with van der Waals surface area (Å²) in [7, 11) is 1.58. The Hall–Kier alpha value is -2.62. The number of fused-ring (bicyclic) bond motifs is 2. The summed E-state index contributed by atoms with van der Waals surface area (Å²) in [6.45, 7) is 0. The number of hydrogen-bond donors (Lipinski definition) is 1. The number of nitrogens with one attached hydrogen (secondary N) is 1. The third kappa shape index (κ3) is 1.61. The average molecular weight is 264 g/mol. The molecule has 1 amide bonds. The SMILES string of the molecule is COc1ccnc(NC(=O)C2=C3C=C4CC4=C3C=C2)c1. The lowest BCUT2D eigenvalue weighted by molar-refractivity contribution is -0.112. The fourth-order valence-electron chi connectivity index (χ4n) is 2.62. The van der Waals surface area contributed by atoms with Gasteiger partial charge in [0.05, 0.1) is 7.11 Å². The van der Waals surface area contributed by atoms with E-state index in [2.05, 4.69) is 16.4 Å². The lowest BCUT2D eigenvalue weighted by Gasteiger charge is -2.07. The van der Waals surface area contributed by atoms with Crippen LogP contribution in [0.4, 0.5) is 5.82 Å². The van der Waals surface area contributed by atoms with Gasteiger partial charge in [-0.15, -0.1) is 0 Å². The smallest absolute Gasteiger partial charge is 0.257 e. The highest BCUT2D eigenvalue weighted by Crippen LogP contribution is 2.51. The van der Waals surface area contributed by atoms with Crippen LogP contribution in [0.3, 0.4) is 0 Å². The quantitative estimate of drug-likeness (QED) is 0.912. The van der Waals surface area contributed by atoms with Crippen molar-refractivity contribution < 1.29 is 9.53 Å². The topological polar surface area (TPSA) is 51.2 Å². The van der Waals surface area contributed by atoms with E-state index >= 15 is 0 Å². The minimum absolute atomic E-state index is 0.134. The van der Waals surface area contributed by atoms with Crippen molar-refractivity contribution in [2.45, 2.75) is 6.42 Å². The van der Waals surface area contributed by atoms with Gasteiger partial charge in [-0.3, -0.25) is 4.79 Å². The van der Waals surface area contributed by atoms with Crippen molar-refractivity contribution in [1.82, 2.24) is 4.98 Å². The summed E-state index contributed by atoms with van der Waals surface area (Å²) < 4.78 is 5.12. The molecular formula is C16H12N2O2. The summed E-state index contributed by atoms with van der Waals surface area (Å²) in [6, 6.07) is 3.44. The van der Waals surface area contributed by atoms with Crippen LogP contribution < -0.4 is 10.1 Å². The molecule has 0 aliphatic heterocycles. The van der Waals surface area contributed by atoms with Crippen LogP contribution in [-0.2, 0) is 4.79 Å². The van der Waals surface area contributed by atoms with Gasteiger partial charge in [0.2, 0.25) is 0 Å². The molecule has 0 atom stereocenters. The van der Waals surface area contributed by atoms with Crippen molar-refractivity contribution in [3.8, 4) is 5.75 Å². The van der Waals surface area contributed by atoms with Gasteiger partial charge in [0.25, 0.3) is 5.91 Å². The first-order chi connectivity index (χ1) is 9.76. The maximum atomic E-state index is 12.3. The van der Waals surface area contributed by atoms with Crippen LogP contribution in [0.25, 0.3) is 0 Å². The molecule has 4 rings (SSSR count). The predicted molar refractivity (Wildman–Crippen MR) is 75.3 cm³/mol. The summed E-state index contributed by atoms with van der Waals surface area (Å²) in [6.07, 6.45) is 8.69. The lowest BCUT2D eigenvalue weighted by atomic mass is 10.1. The van der Waals surface area contributed by atoms with Gasteiger partial charge in [-0.05, 0) is 46.9 Å². The molecule has 1 heterocycles. The zero-order valence-corrected chi connectivity index (χ0v) is 10.9. The molecule has 3 aliphatic carbocycles. The minimum atomic E-state index is -0.134. The largest absolute Gasteiger partial charge is 0.497 e. The number of carbonyl (C=O) groups excluding carboxylic acids is 1. The molecule has 0 saturated heterocycles. The normalized spacial score (nSPS) is 17.9. The standard InChI is InChI=1S/C16H12N2O2/c1-20-10-4-5-17-15(8-10)18-16(19)12-3-2-11-13-6-9(13)7-14(11)12/h2-5,7-8H,6H2,1H3,(H,17,18,19). The van der Waals surface area contributed by atoms with Crippen LogP contribution in [-0.4, -0.2) is 18.0 Å². The van der Waals surface area contributed by atoms with Gasteiger partial charge in [-0.25, -0.2) is 4.98 Å². The zero-order chi connectivity index (χ0) is 13.7. The van der Waals surface area contributed by atoms with Crippen LogP contribution in [0.15, 0.2) is 64.4 Å². The Labute approximate surface area is 116 Å². The monoisotopic (exact) mass is 264 g/mol. The molecule has 20 heavy (non-hydrogen) atoms. The molecular weight excluding hydrogens is 252 g/mol. The molecule has 0 spiro atoms. The van der Waals surface area contributed by atoms with E-state index in [1.807, 2.05) is 12.2 Å². The maximum Gasteiger partial charge on any atom is 0.257 e. The van der Waals surface area contributed by atoms with E-state index in [9.17, 15) is 4.79 Å². The molecule has 4 heteroatoms. The second-order valence-electron chi connectivity index (χ2n) is 4.93. The fourth-order valence-corrected chi connectivity index (χ4v) is 2.62. The molecule has 4 nitrogen and oxygen atoms in total. The minimum Gasteiger partial charge on any atom is -0.497 e. The number of anilines is 1. The highest BCUT2D eigenvalue weighted by atomic mass is 16.5. The van der Waals surface area contributed by atoms with Gasteiger partial charge in [0.15, 0.2) is 0 Å². The highest BCUT2D eigenvalue weighted by molar-refractivity contribution is 6.09.